The molecule has 118 valence electrons. The molecular weight excluding hydrogens is 295 g/mol. The maximum atomic E-state index is 12.8. The second-order valence-electron chi connectivity index (χ2n) is 5.46. The van der Waals surface area contributed by atoms with Crippen molar-refractivity contribution in [3.8, 4) is 5.75 Å². The molecule has 1 atom stereocenters. The van der Waals surface area contributed by atoms with E-state index in [9.17, 15) is 9.18 Å². The van der Waals surface area contributed by atoms with E-state index in [0.717, 1.165) is 25.7 Å². The molecule has 1 aliphatic rings. The molecule has 0 aliphatic heterocycles. The Kier molecular flexibility index (Phi) is 6.42. The summed E-state index contributed by atoms with van der Waals surface area (Å²) in [6.45, 7) is 2.23. The van der Waals surface area contributed by atoms with Crippen molar-refractivity contribution < 1.29 is 13.9 Å². The van der Waals surface area contributed by atoms with Gasteiger partial charge in [-0.2, -0.15) is 0 Å². The SMILES string of the molecule is CC(CNC(=O)C1(N)CCCC1)Oc1ccc(F)cc1.Cl. The zero-order valence-electron chi connectivity index (χ0n) is 12.1. The van der Waals surface area contributed by atoms with Gasteiger partial charge in [0.1, 0.15) is 17.7 Å². The smallest absolute Gasteiger partial charge is 0.240 e. The molecule has 6 heteroatoms. The number of nitrogens with one attached hydrogen (secondary N) is 1. The van der Waals surface area contributed by atoms with Crippen LogP contribution in [0, 0.1) is 5.82 Å². The van der Waals surface area contributed by atoms with Crippen LogP contribution in [0.2, 0.25) is 0 Å². The molecule has 1 aromatic rings. The first kappa shape index (κ1) is 17.7. The number of hydrogen-bond acceptors (Lipinski definition) is 3. The van der Waals surface area contributed by atoms with Crippen LogP contribution in [0.5, 0.6) is 5.75 Å². The van der Waals surface area contributed by atoms with Crippen LogP contribution in [0.3, 0.4) is 0 Å². The number of ether oxygens (including phenoxy) is 1. The highest BCUT2D eigenvalue weighted by molar-refractivity contribution is 5.86. The number of benzene rings is 1. The fourth-order valence-electron chi connectivity index (χ4n) is 2.43. The Morgan fingerprint density at radius 2 is 1.95 bits per heavy atom. The van der Waals surface area contributed by atoms with Gasteiger partial charge in [0, 0.05) is 0 Å². The molecule has 1 aromatic carbocycles. The third kappa shape index (κ3) is 4.86. The number of rotatable bonds is 5. The van der Waals surface area contributed by atoms with Crippen molar-refractivity contribution >= 4 is 18.3 Å². The average molecular weight is 317 g/mol. The van der Waals surface area contributed by atoms with Crippen molar-refractivity contribution in [2.24, 2.45) is 5.73 Å². The summed E-state index contributed by atoms with van der Waals surface area (Å²) in [4.78, 5) is 12.0. The molecule has 0 aromatic heterocycles. The van der Waals surface area contributed by atoms with Crippen LogP contribution in [-0.2, 0) is 4.79 Å². The van der Waals surface area contributed by atoms with Crippen LogP contribution in [0.1, 0.15) is 32.6 Å². The van der Waals surface area contributed by atoms with Crippen molar-refractivity contribution in [1.82, 2.24) is 5.32 Å². The van der Waals surface area contributed by atoms with Crippen LogP contribution in [0.25, 0.3) is 0 Å². The van der Waals surface area contributed by atoms with Crippen LogP contribution in [-0.4, -0.2) is 24.1 Å². The number of amides is 1. The quantitative estimate of drug-likeness (QED) is 0.876. The van der Waals surface area contributed by atoms with E-state index < -0.39 is 5.54 Å². The first-order valence-electron chi connectivity index (χ1n) is 6.99. The summed E-state index contributed by atoms with van der Waals surface area (Å²) in [5, 5.41) is 2.83. The van der Waals surface area contributed by atoms with Crippen LogP contribution in [0.4, 0.5) is 4.39 Å². The Morgan fingerprint density at radius 1 is 1.38 bits per heavy atom. The van der Waals surface area contributed by atoms with E-state index in [1.807, 2.05) is 6.92 Å². The largest absolute Gasteiger partial charge is 0.489 e. The minimum absolute atomic E-state index is 0. The zero-order valence-corrected chi connectivity index (χ0v) is 12.9. The molecule has 2 rings (SSSR count). The van der Waals surface area contributed by atoms with Crippen molar-refractivity contribution in [3.05, 3.63) is 30.1 Å². The van der Waals surface area contributed by atoms with Gasteiger partial charge in [-0.3, -0.25) is 4.79 Å². The molecular formula is C15H22ClFN2O2. The Morgan fingerprint density at radius 3 is 2.52 bits per heavy atom. The highest BCUT2D eigenvalue weighted by Gasteiger charge is 2.36. The monoisotopic (exact) mass is 316 g/mol. The number of carbonyl (C=O) groups is 1. The standard InChI is InChI=1S/C15H21FN2O2.ClH/c1-11(20-13-6-4-12(16)5-7-13)10-18-14(19)15(17)8-2-3-9-15;/h4-7,11H,2-3,8-10,17H2,1H3,(H,18,19);1H. The van der Waals surface area contributed by atoms with Gasteiger partial charge in [0.05, 0.1) is 12.1 Å². The van der Waals surface area contributed by atoms with E-state index in [1.165, 1.54) is 12.1 Å². The Balaban J connectivity index is 0.00000220. The van der Waals surface area contributed by atoms with Crippen molar-refractivity contribution in [1.29, 1.82) is 0 Å². The van der Waals surface area contributed by atoms with Crippen LogP contribution >= 0.6 is 12.4 Å². The number of nitrogens with two attached hydrogens (primary N) is 1. The highest BCUT2D eigenvalue weighted by Crippen LogP contribution is 2.27. The van der Waals surface area contributed by atoms with Gasteiger partial charge in [0.2, 0.25) is 5.91 Å². The van der Waals surface area contributed by atoms with Crippen LogP contribution in [0.15, 0.2) is 24.3 Å². The molecule has 0 heterocycles. The fourth-order valence-corrected chi connectivity index (χ4v) is 2.43. The molecule has 3 N–H and O–H groups in total. The summed E-state index contributed by atoms with van der Waals surface area (Å²) < 4.78 is 18.4. The van der Waals surface area contributed by atoms with E-state index in [2.05, 4.69) is 5.32 Å². The topological polar surface area (TPSA) is 64.4 Å². The molecule has 1 fully saturated rings. The second kappa shape index (κ2) is 7.61. The van der Waals surface area contributed by atoms with E-state index in [1.54, 1.807) is 12.1 Å². The Labute approximate surface area is 130 Å². The van der Waals surface area contributed by atoms with Crippen molar-refractivity contribution in [2.45, 2.75) is 44.2 Å². The van der Waals surface area contributed by atoms with Gasteiger partial charge in [-0.25, -0.2) is 4.39 Å². The zero-order chi connectivity index (χ0) is 14.6. The Bertz CT molecular complexity index is 461. The first-order chi connectivity index (χ1) is 9.49. The first-order valence-corrected chi connectivity index (χ1v) is 6.99. The predicted molar refractivity (Wildman–Crippen MR) is 82.1 cm³/mol. The molecule has 0 bridgehead atoms. The highest BCUT2D eigenvalue weighted by atomic mass is 35.5. The Hall–Kier alpha value is -1.33. The molecule has 1 aliphatic carbocycles. The number of halogens is 2. The van der Waals surface area contributed by atoms with Gasteiger partial charge >= 0.3 is 0 Å². The molecule has 4 nitrogen and oxygen atoms in total. The summed E-state index contributed by atoms with van der Waals surface area (Å²) in [6.07, 6.45) is 3.30. The van der Waals surface area contributed by atoms with Gasteiger partial charge in [-0.15, -0.1) is 12.4 Å². The molecule has 1 unspecified atom stereocenters. The summed E-state index contributed by atoms with van der Waals surface area (Å²) >= 11 is 0. The summed E-state index contributed by atoms with van der Waals surface area (Å²) in [6, 6.07) is 5.81. The maximum absolute atomic E-state index is 12.8. The van der Waals surface area contributed by atoms with E-state index in [4.69, 9.17) is 10.5 Å². The van der Waals surface area contributed by atoms with Gasteiger partial charge < -0.3 is 15.8 Å². The molecule has 0 saturated heterocycles. The lowest BCUT2D eigenvalue weighted by Crippen LogP contribution is -2.53. The normalized spacial score (nSPS) is 17.7. The van der Waals surface area contributed by atoms with E-state index in [0.29, 0.717) is 12.3 Å². The number of carbonyl (C=O) groups excluding carboxylic acids is 1. The molecule has 0 spiro atoms. The maximum Gasteiger partial charge on any atom is 0.240 e. The van der Waals surface area contributed by atoms with Gasteiger partial charge in [0.25, 0.3) is 0 Å². The summed E-state index contributed by atoms with van der Waals surface area (Å²) in [5.74, 6) is 0.172. The summed E-state index contributed by atoms with van der Waals surface area (Å²) in [7, 11) is 0. The molecule has 1 saturated carbocycles. The third-order valence-corrected chi connectivity index (χ3v) is 3.65. The fraction of sp³-hybridized carbons (Fsp3) is 0.533. The van der Waals surface area contributed by atoms with E-state index >= 15 is 0 Å². The molecule has 0 radical (unpaired) electrons. The van der Waals surface area contributed by atoms with Crippen molar-refractivity contribution in [2.75, 3.05) is 6.54 Å². The predicted octanol–water partition coefficient (Wildman–Crippen LogP) is 2.40. The second-order valence-corrected chi connectivity index (χ2v) is 5.46. The van der Waals surface area contributed by atoms with Gasteiger partial charge in [-0.05, 0) is 44.0 Å². The average Bonchev–Trinajstić information content (AvgIpc) is 2.87. The van der Waals surface area contributed by atoms with Crippen LogP contribution < -0.4 is 15.8 Å². The third-order valence-electron chi connectivity index (χ3n) is 3.65. The van der Waals surface area contributed by atoms with Gasteiger partial charge in [-0.1, -0.05) is 12.8 Å². The number of hydrogen-bond donors (Lipinski definition) is 2. The van der Waals surface area contributed by atoms with Gasteiger partial charge in [0.15, 0.2) is 0 Å². The minimum Gasteiger partial charge on any atom is -0.489 e. The van der Waals surface area contributed by atoms with Crippen molar-refractivity contribution in [3.63, 3.8) is 0 Å². The lowest BCUT2D eigenvalue weighted by Gasteiger charge is -2.23. The summed E-state index contributed by atoms with van der Waals surface area (Å²) in [5.41, 5.74) is 5.35. The lowest BCUT2D eigenvalue weighted by atomic mass is 9.98. The minimum atomic E-state index is -0.713. The lowest BCUT2D eigenvalue weighted by molar-refractivity contribution is -0.126. The molecule has 21 heavy (non-hydrogen) atoms. The van der Waals surface area contributed by atoms with E-state index in [-0.39, 0.29) is 30.2 Å². The molecule has 1 amide bonds.